The third-order valence-corrected chi connectivity index (χ3v) is 4.92. The Morgan fingerprint density at radius 2 is 1.81 bits per heavy atom. The predicted octanol–water partition coefficient (Wildman–Crippen LogP) is 2.88. The number of carboxylic acid groups (broad SMARTS) is 1. The fraction of sp³-hybridized carbons (Fsp3) is 0.389. The maximum absolute atomic E-state index is 12.2. The molecule has 8 heteroatoms. The molecule has 1 saturated carbocycles. The molecule has 4 rings (SSSR count). The zero-order valence-electron chi connectivity index (χ0n) is 14.1. The molecule has 0 saturated heterocycles. The smallest absolute Gasteiger partial charge is 0.339 e. The number of pyridine rings is 1. The van der Waals surface area contributed by atoms with Gasteiger partial charge in [0, 0.05) is 17.5 Å². The summed E-state index contributed by atoms with van der Waals surface area (Å²) in [6, 6.07) is 4.05. The molecular formula is C18H19N3O5. The molecule has 3 N–H and O–H groups in total. The first-order valence-electron chi connectivity index (χ1n) is 8.61. The average Bonchev–Trinajstić information content (AvgIpc) is 3.07. The van der Waals surface area contributed by atoms with E-state index in [2.05, 4.69) is 4.98 Å². The summed E-state index contributed by atoms with van der Waals surface area (Å²) in [7, 11) is 0. The molecule has 0 unspecified atom stereocenters. The Hall–Kier alpha value is -3.03. The highest BCUT2D eigenvalue weighted by Crippen LogP contribution is 2.38. The number of aromatic carboxylic acids is 1. The summed E-state index contributed by atoms with van der Waals surface area (Å²) in [5.74, 6) is 0.0159. The molecule has 1 aromatic carbocycles. The van der Waals surface area contributed by atoms with Crippen LogP contribution in [0.15, 0.2) is 18.2 Å². The number of hydrogen-bond acceptors (Lipinski definition) is 5. The summed E-state index contributed by atoms with van der Waals surface area (Å²) in [4.78, 5) is 29.8. The van der Waals surface area contributed by atoms with Gasteiger partial charge in [-0.05, 0) is 25.0 Å². The van der Waals surface area contributed by atoms with Gasteiger partial charge in [0.05, 0.1) is 5.52 Å². The average molecular weight is 357 g/mol. The Morgan fingerprint density at radius 3 is 2.46 bits per heavy atom. The summed E-state index contributed by atoms with van der Waals surface area (Å²) in [6.07, 6.45) is 4.61. The number of carbonyl (C=O) groups excluding carboxylic acids is 1. The van der Waals surface area contributed by atoms with Crippen LogP contribution in [0.2, 0.25) is 0 Å². The van der Waals surface area contributed by atoms with Crippen molar-refractivity contribution in [2.45, 2.75) is 38.1 Å². The molecule has 1 aliphatic carbocycles. The van der Waals surface area contributed by atoms with Gasteiger partial charge in [-0.1, -0.05) is 19.3 Å². The molecule has 0 bridgehead atoms. The van der Waals surface area contributed by atoms with E-state index in [1.807, 2.05) is 0 Å². The third kappa shape index (κ3) is 2.77. The number of rotatable bonds is 3. The van der Waals surface area contributed by atoms with E-state index in [1.54, 1.807) is 12.1 Å². The van der Waals surface area contributed by atoms with E-state index in [4.69, 9.17) is 15.2 Å². The number of nitrogens with zero attached hydrogens (tertiary/aromatic N) is 2. The molecule has 1 aromatic heterocycles. The largest absolute Gasteiger partial charge is 0.478 e. The number of carbonyl (C=O) groups is 2. The van der Waals surface area contributed by atoms with Crippen LogP contribution in [0.1, 0.15) is 42.5 Å². The zero-order valence-corrected chi connectivity index (χ0v) is 14.1. The van der Waals surface area contributed by atoms with Crippen LogP contribution in [-0.2, 0) is 0 Å². The number of amides is 2. The number of aromatic nitrogens is 1. The van der Waals surface area contributed by atoms with Crippen LogP contribution in [0.25, 0.3) is 10.9 Å². The quantitative estimate of drug-likeness (QED) is 0.873. The fourth-order valence-corrected chi connectivity index (χ4v) is 3.69. The normalized spacial score (nSPS) is 16.6. The summed E-state index contributed by atoms with van der Waals surface area (Å²) < 4.78 is 10.7. The van der Waals surface area contributed by atoms with Crippen LogP contribution in [0.4, 0.5) is 10.6 Å². The van der Waals surface area contributed by atoms with Crippen molar-refractivity contribution in [2.24, 2.45) is 5.73 Å². The van der Waals surface area contributed by atoms with Crippen molar-refractivity contribution < 1.29 is 24.2 Å². The number of ether oxygens (including phenoxy) is 2. The molecule has 8 nitrogen and oxygen atoms in total. The van der Waals surface area contributed by atoms with Crippen LogP contribution in [0, 0.1) is 0 Å². The zero-order chi connectivity index (χ0) is 18.3. The highest BCUT2D eigenvalue weighted by atomic mass is 16.7. The van der Waals surface area contributed by atoms with Gasteiger partial charge in [-0.15, -0.1) is 0 Å². The number of benzene rings is 1. The Morgan fingerprint density at radius 1 is 1.12 bits per heavy atom. The number of urea groups is 1. The molecule has 0 atom stereocenters. The lowest BCUT2D eigenvalue weighted by Gasteiger charge is -2.33. The first kappa shape index (κ1) is 16.4. The van der Waals surface area contributed by atoms with Crippen LogP contribution >= 0.6 is 0 Å². The van der Waals surface area contributed by atoms with Gasteiger partial charge < -0.3 is 20.3 Å². The number of hydrogen-bond donors (Lipinski definition) is 2. The van der Waals surface area contributed by atoms with E-state index in [-0.39, 0.29) is 24.2 Å². The predicted molar refractivity (Wildman–Crippen MR) is 93.8 cm³/mol. The van der Waals surface area contributed by atoms with E-state index in [9.17, 15) is 14.7 Å². The molecular weight excluding hydrogens is 338 g/mol. The van der Waals surface area contributed by atoms with Gasteiger partial charge in [-0.2, -0.15) is 0 Å². The van der Waals surface area contributed by atoms with E-state index < -0.39 is 12.0 Å². The first-order chi connectivity index (χ1) is 12.5. The number of nitrogens with two attached hydrogens (primary N) is 1. The highest BCUT2D eigenvalue weighted by molar-refractivity contribution is 6.03. The molecule has 0 spiro atoms. The molecule has 0 radical (unpaired) electrons. The van der Waals surface area contributed by atoms with Gasteiger partial charge in [0.1, 0.15) is 5.56 Å². The van der Waals surface area contributed by atoms with E-state index in [0.29, 0.717) is 22.4 Å². The van der Waals surface area contributed by atoms with Crippen LogP contribution in [0.5, 0.6) is 11.5 Å². The number of carboxylic acids is 1. The van der Waals surface area contributed by atoms with Gasteiger partial charge in [0.2, 0.25) is 6.79 Å². The first-order valence-corrected chi connectivity index (χ1v) is 8.61. The monoisotopic (exact) mass is 357 g/mol. The van der Waals surface area contributed by atoms with E-state index in [0.717, 1.165) is 32.1 Å². The van der Waals surface area contributed by atoms with Crippen molar-refractivity contribution in [2.75, 3.05) is 11.7 Å². The summed E-state index contributed by atoms with van der Waals surface area (Å²) >= 11 is 0. The van der Waals surface area contributed by atoms with Crippen molar-refractivity contribution in [3.05, 3.63) is 23.8 Å². The Balaban J connectivity index is 1.88. The summed E-state index contributed by atoms with van der Waals surface area (Å²) in [6.45, 7) is 0.111. The summed E-state index contributed by atoms with van der Waals surface area (Å²) in [5, 5.41) is 10.3. The van der Waals surface area contributed by atoms with Crippen molar-refractivity contribution >= 4 is 28.7 Å². The third-order valence-electron chi connectivity index (χ3n) is 4.92. The number of primary amides is 1. The second kappa shape index (κ2) is 6.36. The maximum Gasteiger partial charge on any atom is 0.339 e. The maximum atomic E-state index is 12.2. The van der Waals surface area contributed by atoms with Gasteiger partial charge in [0.15, 0.2) is 17.3 Å². The van der Waals surface area contributed by atoms with Crippen molar-refractivity contribution in [1.29, 1.82) is 0 Å². The van der Waals surface area contributed by atoms with Gasteiger partial charge in [-0.3, -0.25) is 4.90 Å². The molecule has 1 fully saturated rings. The van der Waals surface area contributed by atoms with Gasteiger partial charge in [0.25, 0.3) is 0 Å². The van der Waals surface area contributed by atoms with Crippen LogP contribution in [-0.4, -0.2) is 34.9 Å². The molecule has 136 valence electrons. The number of anilines is 1. The van der Waals surface area contributed by atoms with Crippen molar-refractivity contribution in [3.8, 4) is 11.5 Å². The lowest BCUT2D eigenvalue weighted by atomic mass is 9.94. The second-order valence-electron chi connectivity index (χ2n) is 6.56. The second-order valence-corrected chi connectivity index (χ2v) is 6.56. The van der Waals surface area contributed by atoms with Gasteiger partial charge in [-0.25, -0.2) is 14.6 Å². The van der Waals surface area contributed by atoms with E-state index in [1.165, 1.54) is 11.0 Å². The van der Waals surface area contributed by atoms with Crippen LogP contribution < -0.4 is 20.1 Å². The minimum atomic E-state index is -1.16. The van der Waals surface area contributed by atoms with Crippen LogP contribution in [0.3, 0.4) is 0 Å². The topological polar surface area (TPSA) is 115 Å². The van der Waals surface area contributed by atoms with Crippen molar-refractivity contribution in [1.82, 2.24) is 4.98 Å². The molecule has 26 heavy (non-hydrogen) atoms. The molecule has 2 aliphatic rings. The lowest BCUT2D eigenvalue weighted by Crippen LogP contribution is -2.46. The molecule has 2 heterocycles. The summed E-state index contributed by atoms with van der Waals surface area (Å²) in [5.41, 5.74) is 6.08. The Labute approximate surface area is 149 Å². The van der Waals surface area contributed by atoms with Gasteiger partial charge >= 0.3 is 12.0 Å². The molecule has 2 amide bonds. The Bertz CT molecular complexity index is 892. The molecule has 2 aromatic rings. The standard InChI is InChI=1S/C18H19N3O5/c19-18(24)21(11-4-2-1-3-5-11)16-12(17(22)23)6-10-7-14-15(26-9-25-14)8-13(10)20-16/h6-8,11H,1-5,9H2,(H2,19,24)(H,22,23). The molecule has 1 aliphatic heterocycles. The SMILES string of the molecule is NC(=O)N(c1nc2cc3c(cc2cc1C(=O)O)OCO3)C1CCCCC1. The fourth-order valence-electron chi connectivity index (χ4n) is 3.69. The highest BCUT2D eigenvalue weighted by Gasteiger charge is 2.30. The lowest BCUT2D eigenvalue weighted by molar-refractivity contribution is 0.0697. The minimum absolute atomic E-state index is 0.0549. The number of fused-ring (bicyclic) bond motifs is 2. The Kier molecular flexibility index (Phi) is 4.02. The minimum Gasteiger partial charge on any atom is -0.478 e. The van der Waals surface area contributed by atoms with Crippen molar-refractivity contribution in [3.63, 3.8) is 0 Å². The van der Waals surface area contributed by atoms with E-state index >= 15 is 0 Å².